The molecule has 1 heterocycles. The van der Waals surface area contributed by atoms with E-state index < -0.39 is 0 Å². The van der Waals surface area contributed by atoms with E-state index in [-0.39, 0.29) is 12.6 Å². The van der Waals surface area contributed by atoms with Crippen molar-refractivity contribution in [1.29, 1.82) is 0 Å². The molecule has 1 fully saturated rings. The first-order valence-electron chi connectivity index (χ1n) is 6.99. The van der Waals surface area contributed by atoms with E-state index in [9.17, 15) is 10.2 Å². The summed E-state index contributed by atoms with van der Waals surface area (Å²) in [6.07, 6.45) is 0.740. The zero-order valence-electron chi connectivity index (χ0n) is 11.8. The van der Waals surface area contributed by atoms with Gasteiger partial charge in [-0.25, -0.2) is 0 Å². The fraction of sp³-hybridized carbons (Fsp3) is 0.600. The number of aryl methyl sites for hydroxylation is 2. The lowest BCUT2D eigenvalue weighted by atomic mass is 9.96. The van der Waals surface area contributed by atoms with Crippen molar-refractivity contribution in [3.05, 3.63) is 28.8 Å². The molecule has 1 aliphatic rings. The quantitative estimate of drug-likeness (QED) is 0.768. The number of aliphatic hydroxyl groups is 1. The highest BCUT2D eigenvalue weighted by molar-refractivity contribution is 5.43. The number of benzene rings is 1. The molecular weight excluding hydrogens is 240 g/mol. The van der Waals surface area contributed by atoms with Crippen molar-refractivity contribution in [1.82, 2.24) is 10.2 Å². The third-order valence-electron chi connectivity index (χ3n) is 3.89. The molecular formula is C15H24N2O2. The minimum Gasteiger partial charge on any atom is -0.507 e. The Hall–Kier alpha value is -1.10. The zero-order valence-corrected chi connectivity index (χ0v) is 11.8. The van der Waals surface area contributed by atoms with Crippen molar-refractivity contribution in [2.24, 2.45) is 0 Å². The molecule has 1 aromatic carbocycles. The van der Waals surface area contributed by atoms with E-state index in [1.807, 2.05) is 26.0 Å². The van der Waals surface area contributed by atoms with Crippen LogP contribution < -0.4 is 5.32 Å². The summed E-state index contributed by atoms with van der Waals surface area (Å²) in [6, 6.07) is 4.33. The van der Waals surface area contributed by atoms with Gasteiger partial charge < -0.3 is 15.5 Å². The summed E-state index contributed by atoms with van der Waals surface area (Å²) < 4.78 is 0. The van der Waals surface area contributed by atoms with Crippen LogP contribution in [0.25, 0.3) is 0 Å². The van der Waals surface area contributed by atoms with Crippen LogP contribution in [-0.4, -0.2) is 47.9 Å². The van der Waals surface area contributed by atoms with Crippen molar-refractivity contribution in [2.75, 3.05) is 32.8 Å². The first-order chi connectivity index (χ1) is 9.13. The first kappa shape index (κ1) is 14.3. The van der Waals surface area contributed by atoms with Crippen LogP contribution in [0.15, 0.2) is 12.1 Å². The van der Waals surface area contributed by atoms with Gasteiger partial charge in [-0.3, -0.25) is 4.90 Å². The third kappa shape index (κ3) is 3.26. The number of nitrogens with zero attached hydrogens (tertiary/aromatic N) is 1. The van der Waals surface area contributed by atoms with Crippen molar-refractivity contribution in [3.8, 4) is 5.75 Å². The molecule has 1 atom stereocenters. The molecule has 1 saturated heterocycles. The van der Waals surface area contributed by atoms with Crippen LogP contribution in [-0.2, 0) is 0 Å². The number of aliphatic hydroxyl groups excluding tert-OH is 1. The molecule has 106 valence electrons. The maximum atomic E-state index is 9.88. The second-order valence-corrected chi connectivity index (χ2v) is 5.32. The van der Waals surface area contributed by atoms with Gasteiger partial charge >= 0.3 is 0 Å². The van der Waals surface area contributed by atoms with E-state index in [2.05, 4.69) is 10.2 Å². The molecule has 1 aliphatic heterocycles. The third-order valence-corrected chi connectivity index (χ3v) is 3.89. The maximum absolute atomic E-state index is 9.88. The maximum Gasteiger partial charge on any atom is 0.121 e. The fourth-order valence-electron chi connectivity index (χ4n) is 2.86. The van der Waals surface area contributed by atoms with Gasteiger partial charge in [0.25, 0.3) is 0 Å². The number of phenols is 1. The van der Waals surface area contributed by atoms with Crippen molar-refractivity contribution < 1.29 is 10.2 Å². The molecule has 0 aromatic heterocycles. The molecule has 2 rings (SSSR count). The molecule has 4 nitrogen and oxygen atoms in total. The molecule has 0 unspecified atom stereocenters. The summed E-state index contributed by atoms with van der Waals surface area (Å²) in [7, 11) is 0. The average Bonchev–Trinajstić information content (AvgIpc) is 2.42. The van der Waals surface area contributed by atoms with E-state index >= 15 is 0 Å². The van der Waals surface area contributed by atoms with Crippen molar-refractivity contribution in [2.45, 2.75) is 26.3 Å². The van der Waals surface area contributed by atoms with Gasteiger partial charge in [0, 0.05) is 38.8 Å². The van der Waals surface area contributed by atoms with Crippen LogP contribution in [0, 0.1) is 13.8 Å². The number of nitrogens with one attached hydrogen (secondary N) is 1. The summed E-state index contributed by atoms with van der Waals surface area (Å²) >= 11 is 0. The molecule has 0 amide bonds. The Kier molecular flexibility index (Phi) is 4.80. The topological polar surface area (TPSA) is 55.7 Å². The van der Waals surface area contributed by atoms with E-state index in [0.29, 0.717) is 5.75 Å². The zero-order chi connectivity index (χ0) is 13.8. The molecule has 4 heteroatoms. The van der Waals surface area contributed by atoms with Crippen LogP contribution in [0.3, 0.4) is 0 Å². The second-order valence-electron chi connectivity index (χ2n) is 5.32. The van der Waals surface area contributed by atoms with Gasteiger partial charge in [0.15, 0.2) is 0 Å². The highest BCUT2D eigenvalue weighted by Crippen LogP contribution is 2.30. The summed E-state index contributed by atoms with van der Waals surface area (Å²) in [6.45, 7) is 8.05. The highest BCUT2D eigenvalue weighted by atomic mass is 16.3. The van der Waals surface area contributed by atoms with Gasteiger partial charge in [-0.2, -0.15) is 0 Å². The SMILES string of the molecule is Cc1cc([C@@H](CCO)N2CCNCC2)cc(C)c1O. The van der Waals surface area contributed by atoms with E-state index in [4.69, 9.17) is 0 Å². The number of rotatable bonds is 4. The summed E-state index contributed by atoms with van der Waals surface area (Å²) in [5, 5.41) is 22.6. The largest absolute Gasteiger partial charge is 0.507 e. The van der Waals surface area contributed by atoms with Crippen LogP contribution >= 0.6 is 0 Å². The number of aromatic hydroxyl groups is 1. The minimum absolute atomic E-state index is 0.188. The molecule has 3 N–H and O–H groups in total. The van der Waals surface area contributed by atoms with Crippen LogP contribution in [0.5, 0.6) is 5.75 Å². The second kappa shape index (κ2) is 6.37. The predicted molar refractivity (Wildman–Crippen MR) is 76.5 cm³/mol. The Morgan fingerprint density at radius 1 is 1.21 bits per heavy atom. The van der Waals surface area contributed by atoms with Gasteiger partial charge in [-0.1, -0.05) is 12.1 Å². The summed E-state index contributed by atoms with van der Waals surface area (Å²) in [5.41, 5.74) is 3.02. The lowest BCUT2D eigenvalue weighted by Crippen LogP contribution is -2.45. The average molecular weight is 264 g/mol. The molecule has 0 aliphatic carbocycles. The van der Waals surface area contributed by atoms with E-state index in [0.717, 1.165) is 43.7 Å². The Labute approximate surface area is 115 Å². The van der Waals surface area contributed by atoms with Crippen LogP contribution in [0.4, 0.5) is 0 Å². The lowest BCUT2D eigenvalue weighted by Gasteiger charge is -2.35. The number of hydrogen-bond acceptors (Lipinski definition) is 4. The van der Waals surface area contributed by atoms with Crippen molar-refractivity contribution >= 4 is 0 Å². The molecule has 1 aromatic rings. The molecule has 0 spiro atoms. The van der Waals surface area contributed by atoms with E-state index in [1.54, 1.807) is 0 Å². The smallest absolute Gasteiger partial charge is 0.121 e. The fourth-order valence-corrected chi connectivity index (χ4v) is 2.86. The van der Waals surface area contributed by atoms with Gasteiger partial charge in [0.05, 0.1) is 0 Å². The van der Waals surface area contributed by atoms with E-state index in [1.165, 1.54) is 5.56 Å². The monoisotopic (exact) mass is 264 g/mol. The normalized spacial score (nSPS) is 18.5. The summed E-state index contributed by atoms with van der Waals surface area (Å²) in [5.74, 6) is 0.381. The number of piperazine rings is 1. The molecule has 0 bridgehead atoms. The van der Waals surface area contributed by atoms with Crippen molar-refractivity contribution in [3.63, 3.8) is 0 Å². The Morgan fingerprint density at radius 3 is 2.32 bits per heavy atom. The Morgan fingerprint density at radius 2 is 1.79 bits per heavy atom. The highest BCUT2D eigenvalue weighted by Gasteiger charge is 2.22. The minimum atomic E-state index is 0.188. The predicted octanol–water partition coefficient (Wildman–Crippen LogP) is 1.34. The Bertz CT molecular complexity index is 405. The number of hydrogen-bond donors (Lipinski definition) is 3. The van der Waals surface area contributed by atoms with Crippen LogP contribution in [0.2, 0.25) is 0 Å². The molecule has 19 heavy (non-hydrogen) atoms. The lowest BCUT2D eigenvalue weighted by molar-refractivity contribution is 0.141. The van der Waals surface area contributed by atoms with Gasteiger partial charge in [-0.15, -0.1) is 0 Å². The van der Waals surface area contributed by atoms with Gasteiger partial charge in [0.1, 0.15) is 5.75 Å². The number of phenolic OH excluding ortho intramolecular Hbond substituents is 1. The molecule has 0 radical (unpaired) electrons. The van der Waals surface area contributed by atoms with Gasteiger partial charge in [0.2, 0.25) is 0 Å². The summed E-state index contributed by atoms with van der Waals surface area (Å²) in [4.78, 5) is 2.41. The standard InChI is InChI=1S/C15H24N2O2/c1-11-9-13(10-12(2)15(11)19)14(3-8-18)17-6-4-16-5-7-17/h9-10,14,16,18-19H,3-8H2,1-2H3/t14-/m1/s1. The van der Waals surface area contributed by atoms with Gasteiger partial charge in [-0.05, 0) is 37.0 Å². The first-order valence-corrected chi connectivity index (χ1v) is 6.99. The molecule has 0 saturated carbocycles. The Balaban J connectivity index is 2.27. The van der Waals surface area contributed by atoms with Crippen LogP contribution in [0.1, 0.15) is 29.2 Å².